The lowest BCUT2D eigenvalue weighted by atomic mass is 9.80. The van der Waals surface area contributed by atoms with E-state index >= 15 is 0 Å². The van der Waals surface area contributed by atoms with E-state index in [4.69, 9.17) is 0 Å². The highest BCUT2D eigenvalue weighted by Crippen LogP contribution is 2.28. The van der Waals surface area contributed by atoms with Crippen molar-refractivity contribution in [3.8, 4) is 0 Å². The summed E-state index contributed by atoms with van der Waals surface area (Å²) < 4.78 is 0. The molecule has 0 radical (unpaired) electrons. The SMILES string of the molecule is C[C@H](/C=C/C(C)(C)C)C(C)(C)C. The summed E-state index contributed by atoms with van der Waals surface area (Å²) in [5.41, 5.74) is 0.710. The third-order valence-corrected chi connectivity index (χ3v) is 2.25. The van der Waals surface area contributed by atoms with Crippen LogP contribution in [0.2, 0.25) is 0 Å². The lowest BCUT2D eigenvalue weighted by molar-refractivity contribution is 0.312. The third kappa shape index (κ3) is 5.40. The molecule has 0 aromatic rings. The van der Waals surface area contributed by atoms with Crippen molar-refractivity contribution in [1.82, 2.24) is 0 Å². The molecule has 0 aliphatic rings. The fourth-order valence-electron chi connectivity index (χ4n) is 0.722. The lowest BCUT2D eigenvalue weighted by Gasteiger charge is -2.25. The molecule has 0 aliphatic heterocycles. The van der Waals surface area contributed by atoms with Gasteiger partial charge in [0.2, 0.25) is 0 Å². The van der Waals surface area contributed by atoms with Crippen molar-refractivity contribution in [2.24, 2.45) is 16.7 Å². The van der Waals surface area contributed by atoms with Crippen molar-refractivity contribution in [3.05, 3.63) is 12.2 Å². The topological polar surface area (TPSA) is 0 Å². The van der Waals surface area contributed by atoms with E-state index in [-0.39, 0.29) is 0 Å². The maximum absolute atomic E-state index is 2.33. The van der Waals surface area contributed by atoms with Crippen molar-refractivity contribution >= 4 is 0 Å². The minimum atomic E-state index is 0.319. The Hall–Kier alpha value is -0.260. The second kappa shape index (κ2) is 3.64. The van der Waals surface area contributed by atoms with Gasteiger partial charge in [0.1, 0.15) is 0 Å². The van der Waals surface area contributed by atoms with Crippen LogP contribution in [-0.4, -0.2) is 0 Å². The molecule has 72 valence electrons. The molecule has 0 unspecified atom stereocenters. The number of allylic oxidation sites excluding steroid dienone is 2. The fourth-order valence-corrected chi connectivity index (χ4v) is 0.722. The quantitative estimate of drug-likeness (QED) is 0.513. The molecule has 0 aliphatic carbocycles. The van der Waals surface area contributed by atoms with Crippen LogP contribution in [0.4, 0.5) is 0 Å². The second-order valence-electron chi connectivity index (χ2n) is 5.88. The van der Waals surface area contributed by atoms with Crippen molar-refractivity contribution in [2.45, 2.75) is 48.5 Å². The molecule has 0 bridgehead atoms. The molecule has 0 spiro atoms. The van der Waals surface area contributed by atoms with Gasteiger partial charge in [0.15, 0.2) is 0 Å². The van der Waals surface area contributed by atoms with E-state index in [2.05, 4.69) is 60.6 Å². The van der Waals surface area contributed by atoms with Crippen molar-refractivity contribution in [1.29, 1.82) is 0 Å². The minimum absolute atomic E-state index is 0.319. The normalized spacial score (nSPS) is 16.9. The fraction of sp³-hybridized carbons (Fsp3) is 0.833. The van der Waals surface area contributed by atoms with Crippen molar-refractivity contribution in [3.63, 3.8) is 0 Å². The van der Waals surface area contributed by atoms with Gasteiger partial charge in [0, 0.05) is 0 Å². The predicted octanol–water partition coefficient (Wildman–Crippen LogP) is 4.27. The van der Waals surface area contributed by atoms with Crippen LogP contribution >= 0.6 is 0 Å². The van der Waals surface area contributed by atoms with E-state index < -0.39 is 0 Å². The van der Waals surface area contributed by atoms with Crippen molar-refractivity contribution < 1.29 is 0 Å². The van der Waals surface area contributed by atoms with Gasteiger partial charge in [-0.25, -0.2) is 0 Å². The van der Waals surface area contributed by atoms with Gasteiger partial charge < -0.3 is 0 Å². The zero-order chi connectivity index (χ0) is 9.99. The van der Waals surface area contributed by atoms with Gasteiger partial charge in [-0.15, -0.1) is 0 Å². The monoisotopic (exact) mass is 168 g/mol. The summed E-state index contributed by atoms with van der Waals surface area (Å²) in [5, 5.41) is 0. The van der Waals surface area contributed by atoms with Crippen LogP contribution in [0.15, 0.2) is 12.2 Å². The molecule has 1 atom stereocenters. The maximum Gasteiger partial charge on any atom is -0.0203 e. The van der Waals surface area contributed by atoms with Crippen LogP contribution < -0.4 is 0 Å². The Kier molecular flexibility index (Phi) is 3.56. The molecule has 0 N–H and O–H groups in total. The number of rotatable bonds is 1. The molecule has 0 aromatic heterocycles. The lowest BCUT2D eigenvalue weighted by Crippen LogP contribution is -2.15. The van der Waals surface area contributed by atoms with E-state index in [1.165, 1.54) is 0 Å². The van der Waals surface area contributed by atoms with E-state index in [1.807, 2.05) is 0 Å². The Morgan fingerprint density at radius 1 is 0.917 bits per heavy atom. The molecule has 0 saturated carbocycles. The highest BCUT2D eigenvalue weighted by molar-refractivity contribution is 4.97. The zero-order valence-corrected chi connectivity index (χ0v) is 9.73. The van der Waals surface area contributed by atoms with Crippen molar-refractivity contribution in [2.75, 3.05) is 0 Å². The highest BCUT2D eigenvalue weighted by Gasteiger charge is 2.17. The molecule has 12 heavy (non-hydrogen) atoms. The summed E-state index contributed by atoms with van der Waals surface area (Å²) in [4.78, 5) is 0. The van der Waals surface area contributed by atoms with Gasteiger partial charge in [0.25, 0.3) is 0 Å². The van der Waals surface area contributed by atoms with Crippen LogP contribution in [0.25, 0.3) is 0 Å². The first-order chi connectivity index (χ1) is 5.13. The first-order valence-electron chi connectivity index (χ1n) is 4.82. The molecule has 0 heteroatoms. The second-order valence-corrected chi connectivity index (χ2v) is 5.88. The average Bonchev–Trinajstić information content (AvgIpc) is 1.78. The Morgan fingerprint density at radius 2 is 1.33 bits per heavy atom. The van der Waals surface area contributed by atoms with Crippen LogP contribution in [-0.2, 0) is 0 Å². The van der Waals surface area contributed by atoms with Gasteiger partial charge in [0.05, 0.1) is 0 Å². The predicted molar refractivity (Wildman–Crippen MR) is 57.2 cm³/mol. The molecule has 0 saturated heterocycles. The minimum Gasteiger partial charge on any atom is -0.0846 e. The first-order valence-corrected chi connectivity index (χ1v) is 4.82. The molecule has 0 nitrogen and oxygen atoms in total. The Bertz CT molecular complexity index is 150. The molecule has 0 amide bonds. The first kappa shape index (κ1) is 11.7. The van der Waals surface area contributed by atoms with E-state index in [1.54, 1.807) is 0 Å². The Morgan fingerprint density at radius 3 is 1.58 bits per heavy atom. The average molecular weight is 168 g/mol. The maximum atomic E-state index is 2.33. The van der Waals surface area contributed by atoms with Crippen LogP contribution in [0.5, 0.6) is 0 Å². The number of hydrogen-bond acceptors (Lipinski definition) is 0. The van der Waals surface area contributed by atoms with E-state index in [0.29, 0.717) is 16.7 Å². The molecular weight excluding hydrogens is 144 g/mol. The van der Waals surface area contributed by atoms with Crippen LogP contribution in [0, 0.1) is 16.7 Å². The van der Waals surface area contributed by atoms with Crippen LogP contribution in [0.3, 0.4) is 0 Å². The third-order valence-electron chi connectivity index (χ3n) is 2.25. The van der Waals surface area contributed by atoms with E-state index in [0.717, 1.165) is 0 Å². The molecular formula is C12H24. The van der Waals surface area contributed by atoms with Gasteiger partial charge in [-0.05, 0) is 16.7 Å². The Balaban J connectivity index is 4.19. The number of hydrogen-bond donors (Lipinski definition) is 0. The summed E-state index contributed by atoms with van der Waals surface area (Å²) in [7, 11) is 0. The van der Waals surface area contributed by atoms with Gasteiger partial charge in [-0.3, -0.25) is 0 Å². The molecule has 0 rings (SSSR count). The molecule has 0 fully saturated rings. The standard InChI is InChI=1S/C12H24/c1-10(12(5,6)7)8-9-11(2,3)4/h8-10H,1-7H3/b9-8+/t10-/m1/s1. The molecule has 0 heterocycles. The summed E-state index contributed by atoms with van der Waals surface area (Å²) in [6.07, 6.45) is 4.64. The van der Waals surface area contributed by atoms with Crippen LogP contribution in [0.1, 0.15) is 48.5 Å². The summed E-state index contributed by atoms with van der Waals surface area (Å²) in [6, 6.07) is 0. The van der Waals surface area contributed by atoms with Gasteiger partial charge in [-0.2, -0.15) is 0 Å². The zero-order valence-electron chi connectivity index (χ0n) is 9.73. The molecule has 0 aromatic carbocycles. The summed E-state index contributed by atoms with van der Waals surface area (Å²) in [5.74, 6) is 0.650. The Labute approximate surface area is 78.1 Å². The summed E-state index contributed by atoms with van der Waals surface area (Å²) in [6.45, 7) is 15.8. The smallest absolute Gasteiger partial charge is 0.0203 e. The van der Waals surface area contributed by atoms with Gasteiger partial charge in [-0.1, -0.05) is 60.6 Å². The van der Waals surface area contributed by atoms with E-state index in [9.17, 15) is 0 Å². The summed E-state index contributed by atoms with van der Waals surface area (Å²) >= 11 is 0. The van der Waals surface area contributed by atoms with Gasteiger partial charge >= 0.3 is 0 Å². The highest BCUT2D eigenvalue weighted by atomic mass is 14.2. The largest absolute Gasteiger partial charge is 0.0846 e.